The van der Waals surface area contributed by atoms with Crippen LogP contribution in [-0.2, 0) is 4.74 Å². The standard InChI is InChI=1S/C17H27NO/c1-13(2)18-12-16(11-17-8-5-9-19-17)15-7-4-6-14(3)10-15/h4,6-7,10,13,16-18H,5,8-9,11-12H2,1-3H3. The Kier molecular flexibility index (Phi) is 5.41. The van der Waals surface area contributed by atoms with Crippen molar-refractivity contribution in [3.05, 3.63) is 35.4 Å². The number of ether oxygens (including phenoxy) is 1. The molecule has 19 heavy (non-hydrogen) atoms. The summed E-state index contributed by atoms with van der Waals surface area (Å²) in [4.78, 5) is 0. The minimum absolute atomic E-state index is 0.458. The summed E-state index contributed by atoms with van der Waals surface area (Å²) in [5, 5.41) is 3.58. The maximum absolute atomic E-state index is 5.81. The summed E-state index contributed by atoms with van der Waals surface area (Å²) in [6, 6.07) is 9.46. The third-order valence-electron chi connectivity index (χ3n) is 3.86. The van der Waals surface area contributed by atoms with Gasteiger partial charge in [-0.3, -0.25) is 0 Å². The molecule has 2 atom stereocenters. The summed E-state index contributed by atoms with van der Waals surface area (Å²) >= 11 is 0. The molecule has 1 fully saturated rings. The van der Waals surface area contributed by atoms with E-state index in [1.165, 1.54) is 24.0 Å². The van der Waals surface area contributed by atoms with E-state index < -0.39 is 0 Å². The Balaban J connectivity index is 2.03. The SMILES string of the molecule is Cc1cccc(C(CNC(C)C)CC2CCCO2)c1. The molecule has 2 rings (SSSR count). The molecule has 2 nitrogen and oxygen atoms in total. The first-order chi connectivity index (χ1) is 9.15. The van der Waals surface area contributed by atoms with Gasteiger partial charge >= 0.3 is 0 Å². The Bertz CT molecular complexity index is 383. The molecule has 0 aromatic heterocycles. The number of hydrogen-bond donors (Lipinski definition) is 1. The van der Waals surface area contributed by atoms with E-state index in [4.69, 9.17) is 4.74 Å². The molecule has 1 saturated heterocycles. The van der Waals surface area contributed by atoms with E-state index in [0.29, 0.717) is 18.1 Å². The van der Waals surface area contributed by atoms with Crippen LogP contribution in [0, 0.1) is 6.92 Å². The number of hydrogen-bond acceptors (Lipinski definition) is 2. The molecular weight excluding hydrogens is 234 g/mol. The van der Waals surface area contributed by atoms with E-state index in [-0.39, 0.29) is 0 Å². The Labute approximate surface area is 117 Å². The smallest absolute Gasteiger partial charge is 0.0582 e. The Morgan fingerprint density at radius 2 is 2.21 bits per heavy atom. The average Bonchev–Trinajstić information content (AvgIpc) is 2.87. The molecule has 1 heterocycles. The third-order valence-corrected chi connectivity index (χ3v) is 3.86. The molecule has 0 spiro atoms. The zero-order chi connectivity index (χ0) is 13.7. The fraction of sp³-hybridized carbons (Fsp3) is 0.647. The van der Waals surface area contributed by atoms with Crippen LogP contribution in [0.15, 0.2) is 24.3 Å². The summed E-state index contributed by atoms with van der Waals surface area (Å²) in [6.45, 7) is 8.57. The minimum atomic E-state index is 0.458. The molecule has 0 amide bonds. The zero-order valence-electron chi connectivity index (χ0n) is 12.5. The van der Waals surface area contributed by atoms with Crippen molar-refractivity contribution in [3.63, 3.8) is 0 Å². The van der Waals surface area contributed by atoms with Gasteiger partial charge in [-0.05, 0) is 37.7 Å². The van der Waals surface area contributed by atoms with Gasteiger partial charge in [-0.1, -0.05) is 43.7 Å². The first-order valence-electron chi connectivity index (χ1n) is 7.56. The van der Waals surface area contributed by atoms with Gasteiger partial charge in [-0.25, -0.2) is 0 Å². The van der Waals surface area contributed by atoms with Gasteiger partial charge in [0.1, 0.15) is 0 Å². The molecule has 1 N–H and O–H groups in total. The van der Waals surface area contributed by atoms with E-state index in [1.807, 2.05) is 0 Å². The van der Waals surface area contributed by atoms with Crippen molar-refractivity contribution in [2.24, 2.45) is 0 Å². The van der Waals surface area contributed by atoms with Crippen LogP contribution in [0.2, 0.25) is 0 Å². The average molecular weight is 261 g/mol. The number of benzene rings is 1. The van der Waals surface area contributed by atoms with Crippen molar-refractivity contribution in [2.75, 3.05) is 13.2 Å². The van der Waals surface area contributed by atoms with Gasteiger partial charge in [-0.15, -0.1) is 0 Å². The van der Waals surface area contributed by atoms with Crippen molar-refractivity contribution < 1.29 is 4.74 Å². The highest BCUT2D eigenvalue weighted by molar-refractivity contribution is 5.26. The lowest BCUT2D eigenvalue weighted by atomic mass is 9.91. The Hall–Kier alpha value is -0.860. The molecule has 1 aliphatic rings. The van der Waals surface area contributed by atoms with Gasteiger partial charge in [0.2, 0.25) is 0 Å². The molecule has 0 radical (unpaired) electrons. The summed E-state index contributed by atoms with van der Waals surface area (Å²) in [5.41, 5.74) is 2.79. The van der Waals surface area contributed by atoms with Crippen LogP contribution in [0.25, 0.3) is 0 Å². The second kappa shape index (κ2) is 7.06. The van der Waals surface area contributed by atoms with Crippen LogP contribution in [-0.4, -0.2) is 25.3 Å². The molecular formula is C17H27NO. The predicted molar refractivity (Wildman–Crippen MR) is 80.6 cm³/mol. The summed E-state index contributed by atoms with van der Waals surface area (Å²) in [7, 11) is 0. The van der Waals surface area contributed by atoms with Crippen molar-refractivity contribution in [2.45, 2.75) is 58.1 Å². The lowest BCUT2D eigenvalue weighted by Crippen LogP contribution is -2.29. The Morgan fingerprint density at radius 3 is 2.84 bits per heavy atom. The van der Waals surface area contributed by atoms with E-state index >= 15 is 0 Å². The molecule has 106 valence electrons. The minimum Gasteiger partial charge on any atom is -0.378 e. The molecule has 0 aliphatic carbocycles. The quantitative estimate of drug-likeness (QED) is 0.844. The summed E-state index contributed by atoms with van der Waals surface area (Å²) in [5.74, 6) is 0.561. The van der Waals surface area contributed by atoms with Crippen LogP contribution in [0.4, 0.5) is 0 Å². The van der Waals surface area contributed by atoms with Crippen LogP contribution in [0.5, 0.6) is 0 Å². The van der Waals surface area contributed by atoms with Gasteiger partial charge in [0.25, 0.3) is 0 Å². The highest BCUT2D eigenvalue weighted by Crippen LogP contribution is 2.27. The lowest BCUT2D eigenvalue weighted by molar-refractivity contribution is 0.0975. The van der Waals surface area contributed by atoms with Gasteiger partial charge < -0.3 is 10.1 Å². The molecule has 1 aromatic carbocycles. The van der Waals surface area contributed by atoms with Crippen molar-refractivity contribution in [1.82, 2.24) is 5.32 Å². The molecule has 2 unspecified atom stereocenters. The molecule has 1 aromatic rings. The first kappa shape index (κ1) is 14.5. The predicted octanol–water partition coefficient (Wildman–Crippen LogP) is 3.65. The van der Waals surface area contributed by atoms with Crippen LogP contribution >= 0.6 is 0 Å². The molecule has 0 saturated carbocycles. The molecule has 1 aliphatic heterocycles. The monoisotopic (exact) mass is 261 g/mol. The number of rotatable bonds is 6. The molecule has 0 bridgehead atoms. The van der Waals surface area contributed by atoms with Gasteiger partial charge in [0, 0.05) is 19.2 Å². The second-order valence-electron chi connectivity index (χ2n) is 6.04. The van der Waals surface area contributed by atoms with E-state index in [2.05, 4.69) is 50.4 Å². The van der Waals surface area contributed by atoms with E-state index in [9.17, 15) is 0 Å². The van der Waals surface area contributed by atoms with E-state index in [1.54, 1.807) is 0 Å². The molecule has 2 heteroatoms. The maximum Gasteiger partial charge on any atom is 0.0582 e. The highest BCUT2D eigenvalue weighted by atomic mass is 16.5. The highest BCUT2D eigenvalue weighted by Gasteiger charge is 2.22. The fourth-order valence-corrected chi connectivity index (χ4v) is 2.79. The van der Waals surface area contributed by atoms with Crippen molar-refractivity contribution in [3.8, 4) is 0 Å². The maximum atomic E-state index is 5.81. The van der Waals surface area contributed by atoms with Crippen LogP contribution in [0.3, 0.4) is 0 Å². The Morgan fingerprint density at radius 1 is 1.37 bits per heavy atom. The third kappa shape index (κ3) is 4.63. The van der Waals surface area contributed by atoms with Crippen LogP contribution in [0.1, 0.15) is 50.2 Å². The normalized spacial score (nSPS) is 20.9. The zero-order valence-corrected chi connectivity index (χ0v) is 12.5. The van der Waals surface area contributed by atoms with Gasteiger partial charge in [-0.2, -0.15) is 0 Å². The number of nitrogens with one attached hydrogen (secondary N) is 1. The fourth-order valence-electron chi connectivity index (χ4n) is 2.79. The van der Waals surface area contributed by atoms with Gasteiger partial charge in [0.05, 0.1) is 6.10 Å². The van der Waals surface area contributed by atoms with E-state index in [0.717, 1.165) is 19.6 Å². The van der Waals surface area contributed by atoms with Gasteiger partial charge in [0.15, 0.2) is 0 Å². The first-order valence-corrected chi connectivity index (χ1v) is 7.56. The lowest BCUT2D eigenvalue weighted by Gasteiger charge is -2.23. The van der Waals surface area contributed by atoms with Crippen LogP contribution < -0.4 is 5.32 Å². The number of aryl methyl sites for hydroxylation is 1. The topological polar surface area (TPSA) is 21.3 Å². The van der Waals surface area contributed by atoms with Crippen molar-refractivity contribution >= 4 is 0 Å². The summed E-state index contributed by atoms with van der Waals surface area (Å²) in [6.07, 6.45) is 4.05. The summed E-state index contributed by atoms with van der Waals surface area (Å²) < 4.78 is 5.81. The largest absolute Gasteiger partial charge is 0.378 e. The second-order valence-corrected chi connectivity index (χ2v) is 6.04. The van der Waals surface area contributed by atoms with Crippen molar-refractivity contribution in [1.29, 1.82) is 0 Å².